The SMILES string of the molecule is CCCCOc1ccc([C@H]2Nc3ccccc3N=C3CC(C)(C)CC(=O)[C@H]32)cc1. The highest BCUT2D eigenvalue weighted by molar-refractivity contribution is 6.10. The first-order chi connectivity index (χ1) is 14.0. The summed E-state index contributed by atoms with van der Waals surface area (Å²) >= 11 is 0. The van der Waals surface area contributed by atoms with Crippen molar-refractivity contribution in [3.63, 3.8) is 0 Å². The van der Waals surface area contributed by atoms with E-state index >= 15 is 0 Å². The molecule has 0 aromatic heterocycles. The molecule has 1 N–H and O–H groups in total. The minimum absolute atomic E-state index is 0.0484. The largest absolute Gasteiger partial charge is 0.494 e. The van der Waals surface area contributed by atoms with E-state index in [2.05, 4.69) is 38.2 Å². The number of nitrogens with zero attached hydrogens (tertiary/aromatic N) is 1. The van der Waals surface area contributed by atoms with E-state index in [1.54, 1.807) is 0 Å². The summed E-state index contributed by atoms with van der Waals surface area (Å²) in [6.45, 7) is 7.21. The van der Waals surface area contributed by atoms with E-state index in [1.807, 2.05) is 36.4 Å². The Morgan fingerprint density at radius 2 is 1.86 bits per heavy atom. The normalized spacial score (nSPS) is 22.6. The molecule has 0 radical (unpaired) electrons. The third kappa shape index (κ3) is 4.21. The van der Waals surface area contributed by atoms with Gasteiger partial charge in [0.05, 0.1) is 29.9 Å². The average molecular weight is 391 g/mol. The Morgan fingerprint density at radius 3 is 2.62 bits per heavy atom. The Morgan fingerprint density at radius 1 is 1.10 bits per heavy atom. The number of benzene rings is 2. The molecule has 1 aliphatic carbocycles. The highest BCUT2D eigenvalue weighted by Crippen LogP contribution is 2.45. The fourth-order valence-corrected chi connectivity index (χ4v) is 4.40. The summed E-state index contributed by atoms with van der Waals surface area (Å²) < 4.78 is 5.81. The molecule has 29 heavy (non-hydrogen) atoms. The standard InChI is InChI=1S/C25H30N2O2/c1-4-5-14-29-18-12-10-17(11-13-18)24-23-21(15-25(2,3)16-22(23)28)26-19-8-6-7-9-20(19)27-24/h6-13,23-24,27H,4-5,14-16H2,1-3H3/t23-,24+/m0/s1. The Kier molecular flexibility index (Phi) is 5.44. The van der Waals surface area contributed by atoms with Gasteiger partial charge in [-0.15, -0.1) is 0 Å². The number of carbonyl (C=O) groups is 1. The van der Waals surface area contributed by atoms with Crippen LogP contribution in [0, 0.1) is 11.3 Å². The Labute approximate surface area is 173 Å². The van der Waals surface area contributed by atoms with Gasteiger partial charge in [0.2, 0.25) is 0 Å². The zero-order chi connectivity index (χ0) is 20.4. The van der Waals surface area contributed by atoms with E-state index in [-0.39, 0.29) is 23.2 Å². The number of fused-ring (bicyclic) bond motifs is 2. The number of unbranched alkanes of at least 4 members (excludes halogenated alkanes) is 1. The van der Waals surface area contributed by atoms with Crippen LogP contribution in [-0.2, 0) is 4.79 Å². The first-order valence-electron chi connectivity index (χ1n) is 10.7. The van der Waals surface area contributed by atoms with Gasteiger partial charge in [-0.1, -0.05) is 51.5 Å². The quantitative estimate of drug-likeness (QED) is 0.627. The van der Waals surface area contributed by atoms with Crippen molar-refractivity contribution in [2.24, 2.45) is 16.3 Å². The van der Waals surface area contributed by atoms with E-state index in [9.17, 15) is 4.79 Å². The lowest BCUT2D eigenvalue weighted by Gasteiger charge is -2.37. The zero-order valence-electron chi connectivity index (χ0n) is 17.6. The van der Waals surface area contributed by atoms with Gasteiger partial charge < -0.3 is 10.1 Å². The Bertz CT molecular complexity index is 915. The molecule has 2 aromatic carbocycles. The molecule has 4 rings (SSSR count). The molecule has 0 unspecified atom stereocenters. The van der Waals surface area contributed by atoms with Crippen LogP contribution < -0.4 is 10.1 Å². The molecule has 4 nitrogen and oxygen atoms in total. The number of Topliss-reactive ketones (excluding diaryl/α,β-unsaturated/α-hetero) is 1. The van der Waals surface area contributed by atoms with Crippen molar-refractivity contribution in [3.8, 4) is 5.75 Å². The minimum Gasteiger partial charge on any atom is -0.494 e. The molecule has 0 saturated heterocycles. The Hall–Kier alpha value is -2.62. The molecule has 1 heterocycles. The summed E-state index contributed by atoms with van der Waals surface area (Å²) in [5.74, 6) is 0.914. The molecular weight excluding hydrogens is 360 g/mol. The van der Waals surface area contributed by atoms with Gasteiger partial charge in [-0.2, -0.15) is 0 Å². The average Bonchev–Trinajstić information content (AvgIpc) is 2.84. The van der Waals surface area contributed by atoms with E-state index in [1.165, 1.54) is 0 Å². The van der Waals surface area contributed by atoms with Crippen molar-refractivity contribution in [2.45, 2.75) is 52.5 Å². The lowest BCUT2D eigenvalue weighted by Crippen LogP contribution is -2.42. The van der Waals surface area contributed by atoms with E-state index in [0.717, 1.165) is 54.3 Å². The van der Waals surface area contributed by atoms with Gasteiger partial charge in [0, 0.05) is 12.1 Å². The number of hydrogen-bond acceptors (Lipinski definition) is 4. The molecule has 2 aromatic rings. The molecule has 152 valence electrons. The maximum atomic E-state index is 13.2. The number of ether oxygens (including phenoxy) is 1. The van der Waals surface area contributed by atoms with Crippen LogP contribution in [0.4, 0.5) is 11.4 Å². The first-order valence-corrected chi connectivity index (χ1v) is 10.7. The lowest BCUT2D eigenvalue weighted by atomic mass is 9.68. The fraction of sp³-hybridized carbons (Fsp3) is 0.440. The number of rotatable bonds is 5. The zero-order valence-corrected chi connectivity index (χ0v) is 17.6. The van der Waals surface area contributed by atoms with E-state index < -0.39 is 0 Å². The maximum absolute atomic E-state index is 13.2. The second kappa shape index (κ2) is 8.02. The highest BCUT2D eigenvalue weighted by Gasteiger charge is 2.43. The summed E-state index contributed by atoms with van der Waals surface area (Å²) in [5.41, 5.74) is 3.94. The molecule has 1 saturated carbocycles. The van der Waals surface area contributed by atoms with Crippen LogP contribution in [0.25, 0.3) is 0 Å². The number of hydrogen-bond donors (Lipinski definition) is 1. The monoisotopic (exact) mass is 390 g/mol. The number of carbonyl (C=O) groups excluding carboxylic acids is 1. The maximum Gasteiger partial charge on any atom is 0.144 e. The van der Waals surface area contributed by atoms with Gasteiger partial charge >= 0.3 is 0 Å². The van der Waals surface area contributed by atoms with Crippen LogP contribution in [0.1, 0.15) is 58.1 Å². The molecule has 1 aliphatic heterocycles. The fourth-order valence-electron chi connectivity index (χ4n) is 4.40. The molecule has 2 atom stereocenters. The van der Waals surface area contributed by atoms with Gasteiger partial charge in [0.25, 0.3) is 0 Å². The molecule has 0 spiro atoms. The van der Waals surface area contributed by atoms with Crippen molar-refractivity contribution in [1.29, 1.82) is 0 Å². The molecule has 1 fully saturated rings. The first kappa shape index (κ1) is 19.7. The summed E-state index contributed by atoms with van der Waals surface area (Å²) in [5, 5.41) is 3.63. The summed E-state index contributed by atoms with van der Waals surface area (Å²) in [7, 11) is 0. The lowest BCUT2D eigenvalue weighted by molar-refractivity contribution is -0.124. The predicted octanol–water partition coefficient (Wildman–Crippen LogP) is 6.11. The number of aliphatic imine (C=N–C) groups is 1. The van der Waals surface area contributed by atoms with Gasteiger partial charge in [-0.05, 0) is 48.1 Å². The third-order valence-electron chi connectivity index (χ3n) is 5.84. The van der Waals surface area contributed by atoms with Crippen molar-refractivity contribution >= 4 is 22.9 Å². The van der Waals surface area contributed by atoms with Crippen LogP contribution in [0.15, 0.2) is 53.5 Å². The van der Waals surface area contributed by atoms with Crippen molar-refractivity contribution in [1.82, 2.24) is 0 Å². The Balaban J connectivity index is 1.69. The van der Waals surface area contributed by atoms with Gasteiger partial charge in [-0.25, -0.2) is 0 Å². The highest BCUT2D eigenvalue weighted by atomic mass is 16.5. The number of para-hydroxylation sites is 2. The minimum atomic E-state index is -0.234. The second-order valence-electron chi connectivity index (χ2n) is 8.98. The summed E-state index contributed by atoms with van der Waals surface area (Å²) in [4.78, 5) is 18.2. The molecular formula is C25H30N2O2. The molecule has 2 aliphatic rings. The number of nitrogens with one attached hydrogen (secondary N) is 1. The van der Waals surface area contributed by atoms with Crippen LogP contribution in [0.2, 0.25) is 0 Å². The molecule has 0 bridgehead atoms. The van der Waals surface area contributed by atoms with Gasteiger partial charge in [0.1, 0.15) is 11.5 Å². The van der Waals surface area contributed by atoms with Crippen LogP contribution >= 0.6 is 0 Å². The molecule has 4 heteroatoms. The van der Waals surface area contributed by atoms with Crippen LogP contribution in [0.3, 0.4) is 0 Å². The molecule has 0 amide bonds. The smallest absolute Gasteiger partial charge is 0.144 e. The van der Waals surface area contributed by atoms with Crippen molar-refractivity contribution in [2.75, 3.05) is 11.9 Å². The number of anilines is 1. The van der Waals surface area contributed by atoms with Crippen molar-refractivity contribution < 1.29 is 9.53 Å². The van der Waals surface area contributed by atoms with Gasteiger partial charge in [0.15, 0.2) is 0 Å². The third-order valence-corrected chi connectivity index (χ3v) is 5.84. The van der Waals surface area contributed by atoms with Crippen LogP contribution in [0.5, 0.6) is 5.75 Å². The topological polar surface area (TPSA) is 50.7 Å². The summed E-state index contributed by atoms with van der Waals surface area (Å²) in [6.07, 6.45) is 3.60. The summed E-state index contributed by atoms with van der Waals surface area (Å²) in [6, 6.07) is 16.1. The number of ketones is 1. The van der Waals surface area contributed by atoms with Gasteiger partial charge in [-0.3, -0.25) is 9.79 Å². The predicted molar refractivity (Wildman–Crippen MR) is 118 cm³/mol. The van der Waals surface area contributed by atoms with E-state index in [0.29, 0.717) is 6.42 Å². The van der Waals surface area contributed by atoms with E-state index in [4.69, 9.17) is 9.73 Å². The van der Waals surface area contributed by atoms with Crippen LogP contribution in [-0.4, -0.2) is 18.1 Å². The van der Waals surface area contributed by atoms with Crippen molar-refractivity contribution in [3.05, 3.63) is 54.1 Å². The second-order valence-corrected chi connectivity index (χ2v) is 8.98.